The molecule has 0 aliphatic carbocycles. The molecule has 154 valence electrons. The van der Waals surface area contributed by atoms with Gasteiger partial charge >= 0.3 is 0 Å². The van der Waals surface area contributed by atoms with E-state index in [0.29, 0.717) is 47.9 Å². The van der Waals surface area contributed by atoms with E-state index in [9.17, 15) is 9.59 Å². The zero-order chi connectivity index (χ0) is 21.7. The number of carbonyl (C=O) groups is 2. The molecule has 6 heteroatoms. The molecule has 6 nitrogen and oxygen atoms in total. The highest BCUT2D eigenvalue weighted by Crippen LogP contribution is 2.30. The standard InChI is InChI=1S/C24H25N3O3/c1-5-19(15-28)9-7-6-8-12-24(17(2)25-18(3)26-24)16-27-14-20-10-11-21(30-4)13-22(20)23(27)29/h5,7,9-11,13,15,25-26H,2-3,6,14,16H2,1,4H3/b9-7-,19-5+/t24-/m1/s1. The highest BCUT2D eigenvalue weighted by molar-refractivity contribution is 5.98. The molecule has 2 N–H and O–H groups in total. The number of nitrogens with zero attached hydrogens (tertiary/aromatic N) is 1. The maximum Gasteiger partial charge on any atom is 0.254 e. The first kappa shape index (κ1) is 21.0. The fraction of sp³-hybridized carbons (Fsp3) is 0.250. The van der Waals surface area contributed by atoms with E-state index in [4.69, 9.17) is 4.74 Å². The predicted octanol–water partition coefficient (Wildman–Crippen LogP) is 2.66. The molecule has 1 atom stereocenters. The Morgan fingerprint density at radius 2 is 2.20 bits per heavy atom. The highest BCUT2D eigenvalue weighted by Gasteiger charge is 2.42. The third-order valence-corrected chi connectivity index (χ3v) is 5.11. The summed E-state index contributed by atoms with van der Waals surface area (Å²) in [4.78, 5) is 25.6. The van der Waals surface area contributed by atoms with E-state index >= 15 is 0 Å². The van der Waals surface area contributed by atoms with Gasteiger partial charge in [0.05, 0.1) is 19.5 Å². The maximum absolute atomic E-state index is 13.0. The van der Waals surface area contributed by atoms with Crippen molar-refractivity contribution in [3.05, 3.63) is 77.8 Å². The minimum absolute atomic E-state index is 0.0687. The molecule has 0 radical (unpaired) electrons. The molecule has 1 fully saturated rings. The van der Waals surface area contributed by atoms with E-state index < -0.39 is 5.54 Å². The second-order valence-electron chi connectivity index (χ2n) is 7.11. The molecule has 0 saturated carbocycles. The lowest BCUT2D eigenvalue weighted by molar-refractivity contribution is -0.104. The number of aldehydes is 1. The zero-order valence-corrected chi connectivity index (χ0v) is 17.2. The van der Waals surface area contributed by atoms with Crippen LogP contribution >= 0.6 is 0 Å². The van der Waals surface area contributed by atoms with Crippen molar-refractivity contribution in [3.8, 4) is 17.6 Å². The van der Waals surface area contributed by atoms with E-state index in [1.807, 2.05) is 18.2 Å². The summed E-state index contributed by atoms with van der Waals surface area (Å²) in [6, 6.07) is 5.53. The Labute approximate surface area is 177 Å². The first-order valence-corrected chi connectivity index (χ1v) is 9.60. The normalized spacial score (nSPS) is 20.5. The van der Waals surface area contributed by atoms with E-state index in [2.05, 4.69) is 35.6 Å². The van der Waals surface area contributed by atoms with Gasteiger partial charge in [0.25, 0.3) is 5.91 Å². The summed E-state index contributed by atoms with van der Waals surface area (Å²) in [5, 5.41) is 6.33. The fourth-order valence-electron chi connectivity index (χ4n) is 3.47. The summed E-state index contributed by atoms with van der Waals surface area (Å²) in [7, 11) is 1.58. The van der Waals surface area contributed by atoms with E-state index in [1.165, 1.54) is 0 Å². The van der Waals surface area contributed by atoms with Crippen molar-refractivity contribution in [2.45, 2.75) is 25.4 Å². The van der Waals surface area contributed by atoms with Crippen LogP contribution in [0.15, 0.2) is 66.7 Å². The third-order valence-electron chi connectivity index (χ3n) is 5.11. The van der Waals surface area contributed by atoms with Crippen LogP contribution in [0.2, 0.25) is 0 Å². The summed E-state index contributed by atoms with van der Waals surface area (Å²) >= 11 is 0. The van der Waals surface area contributed by atoms with Crippen molar-refractivity contribution in [2.75, 3.05) is 13.7 Å². The minimum Gasteiger partial charge on any atom is -0.497 e. The van der Waals surface area contributed by atoms with Crippen LogP contribution in [0.25, 0.3) is 0 Å². The van der Waals surface area contributed by atoms with Gasteiger partial charge in [0.15, 0.2) is 5.54 Å². The molecule has 0 spiro atoms. The average Bonchev–Trinajstić information content (AvgIpc) is 3.19. The third kappa shape index (κ3) is 4.15. The van der Waals surface area contributed by atoms with Crippen molar-refractivity contribution < 1.29 is 14.3 Å². The van der Waals surface area contributed by atoms with E-state index in [0.717, 1.165) is 11.8 Å². The highest BCUT2D eigenvalue weighted by atomic mass is 16.5. The van der Waals surface area contributed by atoms with Crippen LogP contribution in [-0.2, 0) is 11.3 Å². The number of benzene rings is 1. The Kier molecular flexibility index (Phi) is 6.12. The van der Waals surface area contributed by atoms with Crippen molar-refractivity contribution in [2.24, 2.45) is 0 Å². The van der Waals surface area contributed by atoms with Gasteiger partial charge in [-0.2, -0.15) is 0 Å². The molecular formula is C24H25N3O3. The molecule has 0 unspecified atom stereocenters. The predicted molar refractivity (Wildman–Crippen MR) is 116 cm³/mol. The topological polar surface area (TPSA) is 70.7 Å². The second kappa shape index (κ2) is 8.75. The second-order valence-corrected chi connectivity index (χ2v) is 7.11. The van der Waals surface area contributed by atoms with Crippen LogP contribution in [0.4, 0.5) is 0 Å². The van der Waals surface area contributed by atoms with Crippen LogP contribution in [0.3, 0.4) is 0 Å². The first-order chi connectivity index (χ1) is 14.4. The molecule has 2 aliphatic heterocycles. The van der Waals surface area contributed by atoms with Gasteiger partial charge in [0, 0.05) is 29.8 Å². The van der Waals surface area contributed by atoms with Gasteiger partial charge in [-0.25, -0.2) is 0 Å². The number of amides is 1. The molecule has 1 aromatic rings. The van der Waals surface area contributed by atoms with Crippen LogP contribution < -0.4 is 15.4 Å². The lowest BCUT2D eigenvalue weighted by Gasteiger charge is -2.29. The Bertz CT molecular complexity index is 1030. The lowest BCUT2D eigenvalue weighted by Crippen LogP contribution is -2.49. The summed E-state index contributed by atoms with van der Waals surface area (Å²) in [5.74, 6) is 7.50. The Morgan fingerprint density at radius 3 is 2.83 bits per heavy atom. The molecule has 1 saturated heterocycles. The van der Waals surface area contributed by atoms with Gasteiger partial charge in [-0.15, -0.1) is 0 Å². The van der Waals surface area contributed by atoms with Crippen molar-refractivity contribution >= 4 is 12.2 Å². The Hall–Kier alpha value is -3.72. The molecule has 1 amide bonds. The largest absolute Gasteiger partial charge is 0.497 e. The molecule has 0 bridgehead atoms. The summed E-state index contributed by atoms with van der Waals surface area (Å²) < 4.78 is 5.24. The van der Waals surface area contributed by atoms with Gasteiger partial charge < -0.3 is 20.3 Å². The zero-order valence-electron chi connectivity index (χ0n) is 17.2. The molecule has 30 heavy (non-hydrogen) atoms. The number of nitrogens with one attached hydrogen (secondary N) is 2. The van der Waals surface area contributed by atoms with Gasteiger partial charge in [-0.3, -0.25) is 9.59 Å². The molecule has 2 heterocycles. The molecule has 3 rings (SSSR count). The van der Waals surface area contributed by atoms with Crippen molar-refractivity contribution in [1.82, 2.24) is 15.5 Å². The summed E-state index contributed by atoms with van der Waals surface area (Å²) in [5.41, 5.74) is 1.99. The number of hydrogen-bond acceptors (Lipinski definition) is 5. The lowest BCUT2D eigenvalue weighted by atomic mass is 9.97. The number of carbonyl (C=O) groups excluding carboxylic acids is 2. The molecule has 2 aliphatic rings. The maximum atomic E-state index is 13.0. The monoisotopic (exact) mass is 403 g/mol. The summed E-state index contributed by atoms with van der Waals surface area (Å²) in [6.45, 7) is 10.6. The Morgan fingerprint density at radius 1 is 1.40 bits per heavy atom. The van der Waals surface area contributed by atoms with Gasteiger partial charge in [0.1, 0.15) is 12.0 Å². The number of rotatable bonds is 6. The van der Waals surface area contributed by atoms with Crippen LogP contribution in [-0.4, -0.2) is 36.3 Å². The SMILES string of the molecule is C=C1NC(=C)[C@@](C#CC/C=C\C(C=O)=C/C)(CN2Cc3ccc(OC)cc3C2=O)N1. The van der Waals surface area contributed by atoms with Crippen molar-refractivity contribution in [3.63, 3.8) is 0 Å². The molecule has 0 aromatic heterocycles. The first-order valence-electron chi connectivity index (χ1n) is 9.60. The number of hydrogen-bond donors (Lipinski definition) is 2. The van der Waals surface area contributed by atoms with E-state index in [-0.39, 0.29) is 5.91 Å². The number of methoxy groups -OCH3 is 1. The van der Waals surface area contributed by atoms with Crippen molar-refractivity contribution in [1.29, 1.82) is 0 Å². The number of fused-ring (bicyclic) bond motifs is 1. The van der Waals surface area contributed by atoms with Gasteiger partial charge in [0.2, 0.25) is 0 Å². The smallest absolute Gasteiger partial charge is 0.254 e. The summed E-state index contributed by atoms with van der Waals surface area (Å²) in [6.07, 6.45) is 6.55. The van der Waals surface area contributed by atoms with Crippen LogP contribution in [0.1, 0.15) is 29.3 Å². The average molecular weight is 403 g/mol. The van der Waals surface area contributed by atoms with Gasteiger partial charge in [-0.05, 0) is 24.6 Å². The van der Waals surface area contributed by atoms with Crippen LogP contribution in [0, 0.1) is 11.8 Å². The number of ether oxygens (including phenoxy) is 1. The number of allylic oxidation sites excluding steroid dienone is 4. The molecule has 1 aromatic carbocycles. The fourth-order valence-corrected chi connectivity index (χ4v) is 3.47. The van der Waals surface area contributed by atoms with E-state index in [1.54, 1.807) is 37.2 Å². The Balaban J connectivity index is 1.80. The quantitative estimate of drug-likeness (QED) is 0.331. The molecular weight excluding hydrogens is 378 g/mol. The minimum atomic E-state index is -0.846. The van der Waals surface area contributed by atoms with Crippen LogP contribution in [0.5, 0.6) is 5.75 Å². The van der Waals surface area contributed by atoms with Gasteiger partial charge in [-0.1, -0.05) is 49.3 Å².